The number of hydrogen-bond donors (Lipinski definition) is 0. The first-order valence-electron chi connectivity index (χ1n) is 4.93. The molecule has 0 aliphatic heterocycles. The van der Waals surface area contributed by atoms with Crippen molar-refractivity contribution in [1.29, 1.82) is 0 Å². The molecular formula is C12H15FO2. The lowest BCUT2D eigenvalue weighted by atomic mass is 10.0. The van der Waals surface area contributed by atoms with E-state index in [9.17, 15) is 9.18 Å². The molecular weight excluding hydrogens is 195 g/mol. The van der Waals surface area contributed by atoms with Crippen LogP contribution in [0.25, 0.3) is 0 Å². The van der Waals surface area contributed by atoms with Gasteiger partial charge < -0.3 is 4.74 Å². The van der Waals surface area contributed by atoms with Crippen LogP contribution in [0.15, 0.2) is 12.1 Å². The van der Waals surface area contributed by atoms with E-state index in [0.717, 1.165) is 5.56 Å². The summed E-state index contributed by atoms with van der Waals surface area (Å²) in [6.07, 6.45) is 0.900. The van der Waals surface area contributed by atoms with Gasteiger partial charge in [-0.3, -0.25) is 4.79 Å². The van der Waals surface area contributed by atoms with Gasteiger partial charge in [0, 0.05) is 18.1 Å². The van der Waals surface area contributed by atoms with Gasteiger partial charge in [0.1, 0.15) is 17.3 Å². The summed E-state index contributed by atoms with van der Waals surface area (Å²) in [6.45, 7) is 3.39. The summed E-state index contributed by atoms with van der Waals surface area (Å²) in [4.78, 5) is 11.0. The number of aryl methyl sites for hydroxylation is 1. The van der Waals surface area contributed by atoms with Crippen LogP contribution in [0.5, 0.6) is 5.75 Å². The summed E-state index contributed by atoms with van der Waals surface area (Å²) in [5.74, 6) is 0.212. The monoisotopic (exact) mass is 210 g/mol. The molecule has 0 unspecified atom stereocenters. The van der Waals surface area contributed by atoms with Crippen LogP contribution in [0.1, 0.15) is 25.0 Å². The van der Waals surface area contributed by atoms with Crippen LogP contribution < -0.4 is 4.74 Å². The first-order chi connectivity index (χ1) is 7.08. The number of ketones is 1. The summed E-state index contributed by atoms with van der Waals surface area (Å²) in [5, 5.41) is 0. The topological polar surface area (TPSA) is 26.3 Å². The quantitative estimate of drug-likeness (QED) is 0.763. The summed E-state index contributed by atoms with van der Waals surface area (Å²) in [5.41, 5.74) is 1.37. The van der Waals surface area contributed by atoms with Gasteiger partial charge in [-0.1, -0.05) is 6.92 Å². The van der Waals surface area contributed by atoms with E-state index in [4.69, 9.17) is 4.74 Å². The van der Waals surface area contributed by atoms with E-state index < -0.39 is 0 Å². The zero-order valence-electron chi connectivity index (χ0n) is 9.26. The largest absolute Gasteiger partial charge is 0.496 e. The fourth-order valence-electron chi connectivity index (χ4n) is 1.52. The van der Waals surface area contributed by atoms with Crippen LogP contribution in [0.3, 0.4) is 0 Å². The van der Waals surface area contributed by atoms with E-state index >= 15 is 0 Å². The van der Waals surface area contributed by atoms with Crippen molar-refractivity contribution in [3.8, 4) is 5.75 Å². The van der Waals surface area contributed by atoms with Crippen molar-refractivity contribution in [3.05, 3.63) is 29.1 Å². The first kappa shape index (κ1) is 11.7. The Bertz CT molecular complexity index is 372. The number of Topliss-reactive ketones (excluding diaryl/α,β-unsaturated/α-hetero) is 1. The van der Waals surface area contributed by atoms with Gasteiger partial charge in [0.25, 0.3) is 0 Å². The zero-order chi connectivity index (χ0) is 11.4. The third-order valence-electron chi connectivity index (χ3n) is 2.27. The maximum absolute atomic E-state index is 13.4. The minimum atomic E-state index is -0.276. The molecule has 0 amide bonds. The lowest BCUT2D eigenvalue weighted by Crippen LogP contribution is -2.02. The Hall–Kier alpha value is -1.38. The fourth-order valence-corrected chi connectivity index (χ4v) is 1.52. The van der Waals surface area contributed by atoms with Crippen LogP contribution >= 0.6 is 0 Å². The van der Waals surface area contributed by atoms with Crippen molar-refractivity contribution in [2.75, 3.05) is 7.11 Å². The lowest BCUT2D eigenvalue weighted by Gasteiger charge is -2.10. The Morgan fingerprint density at radius 3 is 2.53 bits per heavy atom. The second kappa shape index (κ2) is 4.91. The molecule has 3 heteroatoms. The molecule has 0 aromatic heterocycles. The smallest absolute Gasteiger partial charge is 0.134 e. The molecule has 0 aliphatic rings. The minimum Gasteiger partial charge on any atom is -0.496 e. The molecule has 0 saturated heterocycles. The highest BCUT2D eigenvalue weighted by Crippen LogP contribution is 2.23. The molecule has 82 valence electrons. The SMILES string of the molecule is CCc1cc(CC(C)=O)c(OC)cc1F. The number of hydrogen-bond acceptors (Lipinski definition) is 2. The van der Waals surface area contributed by atoms with Crippen molar-refractivity contribution < 1.29 is 13.9 Å². The van der Waals surface area contributed by atoms with Crippen molar-refractivity contribution in [1.82, 2.24) is 0 Å². The van der Waals surface area contributed by atoms with E-state index in [1.54, 1.807) is 6.07 Å². The summed E-state index contributed by atoms with van der Waals surface area (Å²) in [6, 6.07) is 3.05. The maximum Gasteiger partial charge on any atom is 0.134 e. The van der Waals surface area contributed by atoms with Crippen molar-refractivity contribution in [3.63, 3.8) is 0 Å². The number of rotatable bonds is 4. The van der Waals surface area contributed by atoms with Gasteiger partial charge >= 0.3 is 0 Å². The Balaban J connectivity index is 3.16. The Labute approximate surface area is 89.1 Å². The Kier molecular flexibility index (Phi) is 3.83. The van der Waals surface area contributed by atoms with E-state index in [-0.39, 0.29) is 18.0 Å². The normalized spacial score (nSPS) is 10.1. The summed E-state index contributed by atoms with van der Waals surface area (Å²) in [7, 11) is 1.48. The fraction of sp³-hybridized carbons (Fsp3) is 0.417. The standard InChI is InChI=1S/C12H15FO2/c1-4-9-6-10(5-8(2)14)12(15-3)7-11(9)13/h6-7H,4-5H2,1-3H3. The molecule has 0 aliphatic carbocycles. The molecule has 0 fully saturated rings. The lowest BCUT2D eigenvalue weighted by molar-refractivity contribution is -0.116. The molecule has 0 radical (unpaired) electrons. The Morgan fingerprint density at radius 1 is 1.40 bits per heavy atom. The molecule has 15 heavy (non-hydrogen) atoms. The highest BCUT2D eigenvalue weighted by Gasteiger charge is 2.10. The minimum absolute atomic E-state index is 0.0435. The number of ether oxygens (including phenoxy) is 1. The van der Waals surface area contributed by atoms with Crippen LogP contribution in [0.4, 0.5) is 4.39 Å². The average Bonchev–Trinajstić information content (AvgIpc) is 2.19. The van der Waals surface area contributed by atoms with Crippen molar-refractivity contribution >= 4 is 5.78 Å². The van der Waals surface area contributed by atoms with E-state index in [1.807, 2.05) is 6.92 Å². The molecule has 0 heterocycles. The van der Waals surface area contributed by atoms with Gasteiger partial charge in [0.05, 0.1) is 7.11 Å². The third-order valence-corrected chi connectivity index (χ3v) is 2.27. The Morgan fingerprint density at radius 2 is 2.07 bits per heavy atom. The van der Waals surface area contributed by atoms with E-state index in [0.29, 0.717) is 17.7 Å². The molecule has 0 N–H and O–H groups in total. The molecule has 0 atom stereocenters. The predicted molar refractivity (Wildman–Crippen MR) is 56.7 cm³/mol. The van der Waals surface area contributed by atoms with Gasteiger partial charge in [0.2, 0.25) is 0 Å². The summed E-state index contributed by atoms with van der Waals surface area (Å²) >= 11 is 0. The molecule has 0 spiro atoms. The molecule has 1 aromatic rings. The number of benzene rings is 1. The third kappa shape index (κ3) is 2.78. The number of carbonyl (C=O) groups excluding carboxylic acids is 1. The van der Waals surface area contributed by atoms with Crippen LogP contribution in [0.2, 0.25) is 0 Å². The zero-order valence-corrected chi connectivity index (χ0v) is 9.26. The number of carbonyl (C=O) groups is 1. The van der Waals surface area contributed by atoms with Crippen LogP contribution in [0, 0.1) is 5.82 Å². The number of halogens is 1. The first-order valence-corrected chi connectivity index (χ1v) is 4.93. The van der Waals surface area contributed by atoms with E-state index in [2.05, 4.69) is 0 Å². The highest BCUT2D eigenvalue weighted by molar-refractivity contribution is 5.79. The predicted octanol–water partition coefficient (Wildman–Crippen LogP) is 2.53. The van der Waals surface area contributed by atoms with Crippen molar-refractivity contribution in [2.24, 2.45) is 0 Å². The number of methoxy groups -OCH3 is 1. The molecule has 0 bridgehead atoms. The van der Waals surface area contributed by atoms with E-state index in [1.165, 1.54) is 20.1 Å². The second-order valence-electron chi connectivity index (χ2n) is 3.49. The summed E-state index contributed by atoms with van der Waals surface area (Å²) < 4.78 is 18.4. The van der Waals surface area contributed by atoms with Gasteiger partial charge in [-0.05, 0) is 25.0 Å². The second-order valence-corrected chi connectivity index (χ2v) is 3.49. The van der Waals surface area contributed by atoms with Crippen LogP contribution in [-0.2, 0) is 17.6 Å². The van der Waals surface area contributed by atoms with Crippen LogP contribution in [-0.4, -0.2) is 12.9 Å². The highest BCUT2D eigenvalue weighted by atomic mass is 19.1. The van der Waals surface area contributed by atoms with Gasteiger partial charge in [-0.2, -0.15) is 0 Å². The van der Waals surface area contributed by atoms with Gasteiger partial charge in [-0.15, -0.1) is 0 Å². The molecule has 2 nitrogen and oxygen atoms in total. The molecule has 1 aromatic carbocycles. The van der Waals surface area contributed by atoms with Gasteiger partial charge in [0.15, 0.2) is 0 Å². The van der Waals surface area contributed by atoms with Gasteiger partial charge in [-0.25, -0.2) is 4.39 Å². The molecule has 1 rings (SSSR count). The molecule has 0 saturated carbocycles. The average molecular weight is 210 g/mol. The van der Waals surface area contributed by atoms with Crippen molar-refractivity contribution in [2.45, 2.75) is 26.7 Å². The maximum atomic E-state index is 13.4.